The van der Waals surface area contributed by atoms with Crippen molar-refractivity contribution >= 4 is 17.8 Å². The normalized spacial score (nSPS) is 15.8. The molecule has 0 aliphatic carbocycles. The maximum atomic E-state index is 12.5. The minimum absolute atomic E-state index is 0.0769. The molecular formula is C14H16N2O5. The molecule has 0 spiro atoms. The summed E-state index contributed by atoms with van der Waals surface area (Å²) >= 11 is 0. The van der Waals surface area contributed by atoms with Crippen molar-refractivity contribution in [3.63, 3.8) is 0 Å². The first-order valence-electron chi connectivity index (χ1n) is 6.48. The van der Waals surface area contributed by atoms with Gasteiger partial charge in [0.2, 0.25) is 0 Å². The molecule has 1 aromatic rings. The van der Waals surface area contributed by atoms with E-state index in [2.05, 4.69) is 4.90 Å². The number of carbonyl (C=O) groups is 3. The average molecular weight is 292 g/mol. The van der Waals surface area contributed by atoms with E-state index in [9.17, 15) is 14.4 Å². The first-order chi connectivity index (χ1) is 9.90. The molecule has 1 saturated heterocycles. The van der Waals surface area contributed by atoms with Crippen LogP contribution < -0.4 is 0 Å². The lowest BCUT2D eigenvalue weighted by Gasteiger charge is -2.32. The fraction of sp³-hybridized carbons (Fsp3) is 0.357. The Balaban J connectivity index is 2.35. The predicted octanol–water partition coefficient (Wildman–Crippen LogP) is 0.471. The van der Waals surface area contributed by atoms with Crippen molar-refractivity contribution in [3.05, 3.63) is 34.9 Å². The average Bonchev–Trinajstić information content (AvgIpc) is 2.46. The zero-order valence-electron chi connectivity index (χ0n) is 11.6. The summed E-state index contributed by atoms with van der Waals surface area (Å²) in [5.41, 5.74) is -0.353. The van der Waals surface area contributed by atoms with Crippen molar-refractivity contribution < 1.29 is 24.6 Å². The van der Waals surface area contributed by atoms with E-state index in [0.717, 1.165) is 12.1 Å². The van der Waals surface area contributed by atoms with Gasteiger partial charge in [-0.05, 0) is 25.2 Å². The van der Waals surface area contributed by atoms with Crippen LogP contribution in [-0.4, -0.2) is 71.1 Å². The topological polar surface area (TPSA) is 98.2 Å². The third-order valence-corrected chi connectivity index (χ3v) is 3.52. The van der Waals surface area contributed by atoms with Crippen molar-refractivity contribution in [2.45, 2.75) is 0 Å². The molecule has 0 radical (unpaired) electrons. The van der Waals surface area contributed by atoms with Gasteiger partial charge < -0.3 is 20.0 Å². The molecule has 2 rings (SSSR count). The minimum atomic E-state index is -1.25. The molecule has 0 bridgehead atoms. The Kier molecular flexibility index (Phi) is 4.23. The number of nitrogens with zero attached hydrogens (tertiary/aromatic N) is 2. The van der Waals surface area contributed by atoms with Gasteiger partial charge in [0.05, 0.1) is 16.7 Å². The Labute approximate surface area is 121 Å². The van der Waals surface area contributed by atoms with Crippen LogP contribution in [0, 0.1) is 0 Å². The van der Waals surface area contributed by atoms with Crippen LogP contribution in [0.4, 0.5) is 0 Å². The number of rotatable bonds is 3. The highest BCUT2D eigenvalue weighted by atomic mass is 16.4. The summed E-state index contributed by atoms with van der Waals surface area (Å²) < 4.78 is 0. The molecule has 7 nitrogen and oxygen atoms in total. The van der Waals surface area contributed by atoms with Crippen molar-refractivity contribution in [2.75, 3.05) is 33.2 Å². The van der Waals surface area contributed by atoms with E-state index < -0.39 is 17.8 Å². The number of carboxylic acids is 2. The molecule has 0 atom stereocenters. The number of amides is 1. The van der Waals surface area contributed by atoms with Crippen LogP contribution in [0.3, 0.4) is 0 Å². The quantitative estimate of drug-likeness (QED) is 0.840. The number of likely N-dealkylation sites (N-methyl/N-ethyl adjacent to an activating group) is 1. The number of piperazine rings is 1. The smallest absolute Gasteiger partial charge is 0.336 e. The summed E-state index contributed by atoms with van der Waals surface area (Å²) in [4.78, 5) is 38.3. The third kappa shape index (κ3) is 3.19. The van der Waals surface area contributed by atoms with Gasteiger partial charge in [-0.1, -0.05) is 0 Å². The van der Waals surface area contributed by atoms with E-state index in [4.69, 9.17) is 10.2 Å². The van der Waals surface area contributed by atoms with Gasteiger partial charge in [0.25, 0.3) is 5.91 Å². The SMILES string of the molecule is CN1CCN(C(=O)c2cc(C(=O)O)ccc2C(=O)O)CC1. The maximum Gasteiger partial charge on any atom is 0.336 e. The fourth-order valence-electron chi connectivity index (χ4n) is 2.22. The van der Waals surface area contributed by atoms with Gasteiger partial charge in [0.1, 0.15) is 0 Å². The second kappa shape index (κ2) is 5.92. The molecule has 2 N–H and O–H groups in total. The lowest BCUT2D eigenvalue weighted by molar-refractivity contribution is 0.0634. The van der Waals surface area contributed by atoms with Crippen LogP contribution in [0.15, 0.2) is 18.2 Å². The molecule has 0 saturated carbocycles. The minimum Gasteiger partial charge on any atom is -0.478 e. The molecule has 1 heterocycles. The molecule has 112 valence electrons. The molecule has 1 fully saturated rings. The largest absolute Gasteiger partial charge is 0.478 e. The van der Waals surface area contributed by atoms with Crippen LogP contribution in [0.5, 0.6) is 0 Å². The lowest BCUT2D eigenvalue weighted by Crippen LogP contribution is -2.47. The van der Waals surface area contributed by atoms with Crippen LogP contribution in [-0.2, 0) is 0 Å². The molecule has 21 heavy (non-hydrogen) atoms. The number of carboxylic acid groups (broad SMARTS) is 2. The van der Waals surface area contributed by atoms with Gasteiger partial charge in [-0.3, -0.25) is 4.79 Å². The molecule has 7 heteroatoms. The zero-order valence-corrected chi connectivity index (χ0v) is 11.6. The van der Waals surface area contributed by atoms with E-state index in [1.165, 1.54) is 6.07 Å². The second-order valence-electron chi connectivity index (χ2n) is 4.97. The molecule has 0 aromatic heterocycles. The maximum absolute atomic E-state index is 12.5. The van der Waals surface area contributed by atoms with Gasteiger partial charge in [-0.2, -0.15) is 0 Å². The van der Waals surface area contributed by atoms with Gasteiger partial charge >= 0.3 is 11.9 Å². The standard InChI is InChI=1S/C14H16N2O5/c1-15-4-6-16(7-5-15)12(17)11-8-9(13(18)19)2-3-10(11)14(20)21/h2-3,8H,4-7H2,1H3,(H,18,19)(H,20,21). The van der Waals surface area contributed by atoms with Gasteiger partial charge in [0, 0.05) is 26.2 Å². The molecule has 0 unspecified atom stereocenters. The highest BCUT2D eigenvalue weighted by Crippen LogP contribution is 2.16. The number of aromatic carboxylic acids is 2. The summed E-state index contributed by atoms with van der Waals surface area (Å²) in [5, 5.41) is 18.1. The van der Waals surface area contributed by atoms with E-state index in [-0.39, 0.29) is 16.7 Å². The predicted molar refractivity (Wildman–Crippen MR) is 73.8 cm³/mol. The Hall–Kier alpha value is -2.41. The van der Waals surface area contributed by atoms with Gasteiger partial charge in [-0.15, -0.1) is 0 Å². The van der Waals surface area contributed by atoms with E-state index in [0.29, 0.717) is 26.2 Å². The summed E-state index contributed by atoms with van der Waals surface area (Å²) in [6.07, 6.45) is 0. The Morgan fingerprint density at radius 1 is 0.952 bits per heavy atom. The molecular weight excluding hydrogens is 276 g/mol. The summed E-state index contributed by atoms with van der Waals surface area (Å²) in [6.45, 7) is 2.39. The van der Waals surface area contributed by atoms with E-state index in [1.807, 2.05) is 7.05 Å². The number of benzene rings is 1. The molecule has 1 aliphatic rings. The third-order valence-electron chi connectivity index (χ3n) is 3.52. The van der Waals surface area contributed by atoms with Crippen LogP contribution in [0.1, 0.15) is 31.1 Å². The van der Waals surface area contributed by atoms with Gasteiger partial charge in [-0.25, -0.2) is 9.59 Å². The summed E-state index contributed by atoms with van der Waals surface area (Å²) in [7, 11) is 1.94. The Bertz CT molecular complexity index is 591. The summed E-state index contributed by atoms with van der Waals surface area (Å²) in [5.74, 6) is -2.88. The zero-order chi connectivity index (χ0) is 15.6. The van der Waals surface area contributed by atoms with Gasteiger partial charge in [0.15, 0.2) is 0 Å². The molecule has 1 amide bonds. The van der Waals surface area contributed by atoms with Crippen LogP contribution in [0.2, 0.25) is 0 Å². The molecule has 1 aliphatic heterocycles. The highest BCUT2D eigenvalue weighted by Gasteiger charge is 2.25. The highest BCUT2D eigenvalue weighted by molar-refractivity contribution is 6.06. The van der Waals surface area contributed by atoms with Crippen molar-refractivity contribution in [1.29, 1.82) is 0 Å². The Morgan fingerprint density at radius 3 is 2.10 bits per heavy atom. The number of hydrogen-bond acceptors (Lipinski definition) is 4. The van der Waals surface area contributed by atoms with Crippen LogP contribution >= 0.6 is 0 Å². The van der Waals surface area contributed by atoms with Crippen molar-refractivity contribution in [2.24, 2.45) is 0 Å². The summed E-state index contributed by atoms with van der Waals surface area (Å²) in [6, 6.07) is 3.48. The Morgan fingerprint density at radius 2 is 1.57 bits per heavy atom. The number of hydrogen-bond donors (Lipinski definition) is 2. The second-order valence-corrected chi connectivity index (χ2v) is 4.97. The van der Waals surface area contributed by atoms with Crippen molar-refractivity contribution in [3.8, 4) is 0 Å². The van der Waals surface area contributed by atoms with Crippen molar-refractivity contribution in [1.82, 2.24) is 9.80 Å². The van der Waals surface area contributed by atoms with E-state index >= 15 is 0 Å². The lowest BCUT2D eigenvalue weighted by atomic mass is 10.0. The first-order valence-corrected chi connectivity index (χ1v) is 6.48. The molecule has 1 aromatic carbocycles. The van der Waals surface area contributed by atoms with Crippen LogP contribution in [0.25, 0.3) is 0 Å². The fourth-order valence-corrected chi connectivity index (χ4v) is 2.22. The van der Waals surface area contributed by atoms with E-state index in [1.54, 1.807) is 4.90 Å². The number of carbonyl (C=O) groups excluding carboxylic acids is 1. The monoisotopic (exact) mass is 292 g/mol. The first kappa shape index (κ1) is 15.0.